The van der Waals surface area contributed by atoms with E-state index in [-0.39, 0.29) is 0 Å². The summed E-state index contributed by atoms with van der Waals surface area (Å²) in [5.74, 6) is 0. The highest BCUT2D eigenvalue weighted by Crippen LogP contribution is 2.47. The highest BCUT2D eigenvalue weighted by atomic mass is 16.1. The zero-order valence-corrected chi connectivity index (χ0v) is 10.6. The van der Waals surface area contributed by atoms with Crippen molar-refractivity contribution in [3.05, 3.63) is 60.2 Å². The SMILES string of the molecule is O=[C]c1cc2c3ccccc3c2c2c3ccccc3c12. The highest BCUT2D eigenvalue weighted by molar-refractivity contribution is 6.44. The van der Waals surface area contributed by atoms with E-state index in [9.17, 15) is 4.79 Å². The Balaban J connectivity index is 2.12. The Morgan fingerprint density at radius 1 is 0.600 bits per heavy atom. The van der Waals surface area contributed by atoms with E-state index >= 15 is 0 Å². The van der Waals surface area contributed by atoms with E-state index in [1.165, 1.54) is 37.7 Å². The molecule has 0 aliphatic heterocycles. The summed E-state index contributed by atoms with van der Waals surface area (Å²) < 4.78 is 0. The molecule has 0 saturated heterocycles. The van der Waals surface area contributed by atoms with Gasteiger partial charge in [0.05, 0.1) is 0 Å². The van der Waals surface area contributed by atoms with Gasteiger partial charge in [0.2, 0.25) is 6.29 Å². The second-order valence-electron chi connectivity index (χ2n) is 5.29. The molecule has 0 N–H and O–H groups in total. The van der Waals surface area contributed by atoms with Gasteiger partial charge in [0.15, 0.2) is 0 Å². The molecule has 0 heterocycles. The summed E-state index contributed by atoms with van der Waals surface area (Å²) >= 11 is 0. The molecule has 0 atom stereocenters. The van der Waals surface area contributed by atoms with Crippen molar-refractivity contribution >= 4 is 49.4 Å². The summed E-state index contributed by atoms with van der Waals surface area (Å²) in [6, 6.07) is 18.6. The molecule has 0 bridgehead atoms. The second kappa shape index (κ2) is 3.26. The number of fused-ring (bicyclic) bond motifs is 9. The maximum absolute atomic E-state index is 11.3. The van der Waals surface area contributed by atoms with E-state index in [1.807, 2.05) is 18.2 Å². The van der Waals surface area contributed by atoms with Crippen LogP contribution in [0.2, 0.25) is 0 Å². The highest BCUT2D eigenvalue weighted by Gasteiger charge is 2.21. The molecule has 1 nitrogen and oxygen atoms in total. The molecule has 20 heavy (non-hydrogen) atoms. The molecule has 5 aromatic carbocycles. The number of carbonyl (C=O) groups excluding carboxylic acids is 1. The van der Waals surface area contributed by atoms with Crippen LogP contribution in [0.1, 0.15) is 5.56 Å². The maximum atomic E-state index is 11.3. The summed E-state index contributed by atoms with van der Waals surface area (Å²) in [4.78, 5) is 11.3. The van der Waals surface area contributed by atoms with Gasteiger partial charge in [-0.05, 0) is 43.8 Å². The summed E-state index contributed by atoms with van der Waals surface area (Å²) in [6.07, 6.45) is 2.11. The quantitative estimate of drug-likeness (QED) is 0.425. The van der Waals surface area contributed by atoms with Crippen LogP contribution in [0.5, 0.6) is 0 Å². The molecule has 0 aliphatic rings. The lowest BCUT2D eigenvalue weighted by Gasteiger charge is -2.21. The number of rotatable bonds is 1. The summed E-state index contributed by atoms with van der Waals surface area (Å²) in [7, 11) is 0. The van der Waals surface area contributed by atoms with Gasteiger partial charge in [0, 0.05) is 10.9 Å². The fourth-order valence-electron chi connectivity index (χ4n) is 3.53. The number of hydrogen-bond acceptors (Lipinski definition) is 1. The van der Waals surface area contributed by atoms with Gasteiger partial charge in [-0.1, -0.05) is 48.5 Å². The van der Waals surface area contributed by atoms with Gasteiger partial charge in [-0.25, -0.2) is 0 Å². The molecular weight excluding hydrogens is 244 g/mol. The third kappa shape index (κ3) is 0.958. The van der Waals surface area contributed by atoms with Crippen LogP contribution < -0.4 is 0 Å². The average molecular weight is 253 g/mol. The van der Waals surface area contributed by atoms with Crippen LogP contribution in [0, 0.1) is 0 Å². The van der Waals surface area contributed by atoms with Gasteiger partial charge in [-0.15, -0.1) is 0 Å². The Kier molecular flexibility index (Phi) is 1.65. The zero-order valence-electron chi connectivity index (χ0n) is 10.6. The molecule has 0 saturated carbocycles. The van der Waals surface area contributed by atoms with Crippen LogP contribution in [0.15, 0.2) is 54.6 Å². The third-order valence-corrected chi connectivity index (χ3v) is 4.39. The van der Waals surface area contributed by atoms with E-state index in [4.69, 9.17) is 0 Å². The predicted octanol–water partition coefficient (Wildman–Crippen LogP) is 4.63. The average Bonchev–Trinajstić information content (AvgIpc) is 2.49. The van der Waals surface area contributed by atoms with Crippen molar-refractivity contribution in [1.82, 2.24) is 0 Å². The Morgan fingerprint density at radius 2 is 1.15 bits per heavy atom. The van der Waals surface area contributed by atoms with Crippen LogP contribution in [0.4, 0.5) is 0 Å². The maximum Gasteiger partial charge on any atom is 0.234 e. The molecule has 0 fully saturated rings. The Labute approximate surface area is 115 Å². The third-order valence-electron chi connectivity index (χ3n) is 4.39. The van der Waals surface area contributed by atoms with Crippen molar-refractivity contribution in [2.24, 2.45) is 0 Å². The number of benzene rings is 3. The largest absolute Gasteiger partial charge is 0.285 e. The minimum atomic E-state index is 0.687. The van der Waals surface area contributed by atoms with Crippen molar-refractivity contribution in [1.29, 1.82) is 0 Å². The first-order valence-corrected chi connectivity index (χ1v) is 6.69. The second-order valence-corrected chi connectivity index (χ2v) is 5.29. The summed E-state index contributed by atoms with van der Waals surface area (Å²) in [5.41, 5.74) is 0.687. The lowest BCUT2D eigenvalue weighted by atomic mass is 9.81. The minimum absolute atomic E-state index is 0.687. The van der Waals surface area contributed by atoms with Crippen molar-refractivity contribution in [3.8, 4) is 0 Å². The molecule has 0 unspecified atom stereocenters. The van der Waals surface area contributed by atoms with Gasteiger partial charge in [-0.3, -0.25) is 4.79 Å². The van der Waals surface area contributed by atoms with Crippen LogP contribution in [0.3, 0.4) is 0 Å². The Morgan fingerprint density at radius 3 is 1.80 bits per heavy atom. The first kappa shape index (κ1) is 10.2. The van der Waals surface area contributed by atoms with Crippen LogP contribution in [0.25, 0.3) is 43.1 Å². The summed E-state index contributed by atoms with van der Waals surface area (Å²) in [5, 5.41) is 9.76. The van der Waals surface area contributed by atoms with Crippen molar-refractivity contribution in [3.63, 3.8) is 0 Å². The van der Waals surface area contributed by atoms with Crippen LogP contribution >= 0.6 is 0 Å². The lowest BCUT2D eigenvalue weighted by molar-refractivity contribution is 0.563. The minimum Gasteiger partial charge on any atom is -0.285 e. The predicted molar refractivity (Wildman–Crippen MR) is 83.6 cm³/mol. The normalized spacial score (nSPS) is 12.2. The molecule has 0 aromatic heterocycles. The smallest absolute Gasteiger partial charge is 0.234 e. The van der Waals surface area contributed by atoms with E-state index in [1.54, 1.807) is 0 Å². The van der Waals surface area contributed by atoms with Gasteiger partial charge < -0.3 is 0 Å². The molecule has 5 rings (SSSR count). The molecule has 5 aromatic rings. The standard InChI is InChI=1S/C19H9O/c20-10-11-9-16-12-5-1-2-6-13(12)18(16)19-15-8-4-3-7-14(15)17(11)19/h1-9H. The lowest BCUT2D eigenvalue weighted by Crippen LogP contribution is -1.96. The first-order valence-electron chi connectivity index (χ1n) is 6.69. The molecule has 1 heteroatoms. The van der Waals surface area contributed by atoms with Crippen molar-refractivity contribution in [2.75, 3.05) is 0 Å². The van der Waals surface area contributed by atoms with Crippen molar-refractivity contribution in [2.45, 2.75) is 0 Å². The number of hydrogen-bond donors (Lipinski definition) is 0. The Hall–Kier alpha value is -2.67. The van der Waals surface area contributed by atoms with E-state index < -0.39 is 0 Å². The molecule has 0 amide bonds. The van der Waals surface area contributed by atoms with E-state index in [0.717, 1.165) is 5.39 Å². The molecule has 91 valence electrons. The van der Waals surface area contributed by atoms with Gasteiger partial charge in [0.1, 0.15) is 0 Å². The van der Waals surface area contributed by atoms with Gasteiger partial charge in [0.25, 0.3) is 0 Å². The van der Waals surface area contributed by atoms with Crippen LogP contribution in [-0.2, 0) is 4.79 Å². The zero-order chi connectivity index (χ0) is 13.3. The van der Waals surface area contributed by atoms with Crippen LogP contribution in [-0.4, -0.2) is 6.29 Å². The van der Waals surface area contributed by atoms with Gasteiger partial charge >= 0.3 is 0 Å². The fraction of sp³-hybridized carbons (Fsp3) is 0. The van der Waals surface area contributed by atoms with E-state index in [2.05, 4.69) is 42.7 Å². The molecule has 1 radical (unpaired) electrons. The van der Waals surface area contributed by atoms with E-state index in [0.29, 0.717) is 5.56 Å². The molecule has 0 spiro atoms. The van der Waals surface area contributed by atoms with Crippen molar-refractivity contribution < 1.29 is 4.79 Å². The molecule has 0 aliphatic carbocycles. The first-order chi connectivity index (χ1) is 9.90. The summed E-state index contributed by atoms with van der Waals surface area (Å²) in [6.45, 7) is 0. The Bertz CT molecular complexity index is 1100. The monoisotopic (exact) mass is 253 g/mol. The fourth-order valence-corrected chi connectivity index (χ4v) is 3.53. The topological polar surface area (TPSA) is 17.1 Å². The van der Waals surface area contributed by atoms with Gasteiger partial charge in [-0.2, -0.15) is 0 Å². The molecular formula is C19H9O.